The second kappa shape index (κ2) is 10.5. The lowest BCUT2D eigenvalue weighted by molar-refractivity contribution is -0.113. The fraction of sp³-hybridized carbons (Fsp3) is 0.194. The minimum absolute atomic E-state index is 0.241. The maximum absolute atomic E-state index is 13.8. The Morgan fingerprint density at radius 2 is 1.69 bits per heavy atom. The highest BCUT2D eigenvalue weighted by Gasteiger charge is 2.32. The number of nitrogens with one attached hydrogen (secondary N) is 1. The molecule has 3 aromatic carbocycles. The summed E-state index contributed by atoms with van der Waals surface area (Å²) in [4.78, 5) is 34.9. The molecule has 2 aliphatic rings. The van der Waals surface area contributed by atoms with Crippen LogP contribution < -0.4 is 25.1 Å². The second-order valence-electron chi connectivity index (χ2n) is 9.74. The van der Waals surface area contributed by atoms with Crippen LogP contribution in [0.1, 0.15) is 36.9 Å². The van der Waals surface area contributed by atoms with E-state index in [0.717, 1.165) is 18.7 Å². The standard InChI is InChI=1S/C31H27FN4O2S/c1-20-27(29(37)34-24-7-3-2-4-8-24)28(22-11-13-23(32)14-12-22)36-30(38)26(39-31(36)33-20)19-21-9-15-25(16-10-21)35-17-5-6-18-35/h2-4,7-16,19,28H,5-6,17-18H2,1H3,(H,34,37)/b26-19+/t28-/m1/s1. The van der Waals surface area contributed by atoms with Gasteiger partial charge in [0.2, 0.25) is 0 Å². The lowest BCUT2D eigenvalue weighted by Gasteiger charge is -2.25. The number of hydrogen-bond acceptors (Lipinski definition) is 5. The van der Waals surface area contributed by atoms with Crippen LogP contribution in [0.5, 0.6) is 0 Å². The van der Waals surface area contributed by atoms with Crippen LogP contribution in [-0.2, 0) is 4.79 Å². The Morgan fingerprint density at radius 1 is 1.00 bits per heavy atom. The Labute approximate surface area is 229 Å². The van der Waals surface area contributed by atoms with Crippen molar-refractivity contribution in [1.82, 2.24) is 4.57 Å². The molecule has 1 fully saturated rings. The van der Waals surface area contributed by atoms with E-state index in [4.69, 9.17) is 0 Å². The molecule has 0 saturated carbocycles. The molecule has 3 heterocycles. The predicted octanol–water partition coefficient (Wildman–Crippen LogP) is 4.61. The zero-order valence-corrected chi connectivity index (χ0v) is 22.2. The number of aromatic nitrogens is 1. The van der Waals surface area contributed by atoms with Crippen LogP contribution in [-0.4, -0.2) is 23.6 Å². The second-order valence-corrected chi connectivity index (χ2v) is 10.7. The fourth-order valence-electron chi connectivity index (χ4n) is 5.20. The fourth-order valence-corrected chi connectivity index (χ4v) is 6.25. The topological polar surface area (TPSA) is 66.7 Å². The van der Waals surface area contributed by atoms with Gasteiger partial charge in [-0.3, -0.25) is 14.2 Å². The number of anilines is 2. The van der Waals surface area contributed by atoms with Crippen molar-refractivity contribution in [3.8, 4) is 0 Å². The quantitative estimate of drug-likeness (QED) is 0.404. The van der Waals surface area contributed by atoms with Crippen LogP contribution in [0.2, 0.25) is 0 Å². The van der Waals surface area contributed by atoms with Gasteiger partial charge in [-0.1, -0.05) is 53.8 Å². The number of hydrogen-bond donors (Lipinski definition) is 1. The number of thiazole rings is 1. The van der Waals surface area contributed by atoms with Gasteiger partial charge in [-0.05, 0) is 73.4 Å². The summed E-state index contributed by atoms with van der Waals surface area (Å²) >= 11 is 1.29. The Balaban J connectivity index is 1.43. The van der Waals surface area contributed by atoms with Crippen LogP contribution >= 0.6 is 11.3 Å². The van der Waals surface area contributed by atoms with E-state index in [0.29, 0.717) is 31.9 Å². The third kappa shape index (κ3) is 4.95. The van der Waals surface area contributed by atoms with Gasteiger partial charge < -0.3 is 10.2 Å². The summed E-state index contributed by atoms with van der Waals surface area (Å²) in [5, 5.41) is 2.92. The monoisotopic (exact) mass is 538 g/mol. The van der Waals surface area contributed by atoms with Gasteiger partial charge >= 0.3 is 0 Å². The SMILES string of the molecule is CC1=C(C(=O)Nc2ccccc2)[C@@H](c2ccc(F)cc2)n2c(s/c(=C/c3ccc(N4CCCC4)cc3)c2=O)=N1. The summed E-state index contributed by atoms with van der Waals surface area (Å²) in [6.07, 6.45) is 4.29. The summed E-state index contributed by atoms with van der Waals surface area (Å²) < 4.78 is 15.9. The smallest absolute Gasteiger partial charge is 0.271 e. The number of benzene rings is 3. The molecule has 6 rings (SSSR count). The number of carbonyl (C=O) groups excluding carboxylic acids is 1. The maximum Gasteiger partial charge on any atom is 0.271 e. The van der Waals surface area contributed by atoms with Crippen molar-refractivity contribution in [2.75, 3.05) is 23.3 Å². The third-order valence-electron chi connectivity index (χ3n) is 7.15. The van der Waals surface area contributed by atoms with Crippen LogP contribution in [0.4, 0.5) is 15.8 Å². The van der Waals surface area contributed by atoms with Gasteiger partial charge in [0.15, 0.2) is 4.80 Å². The summed E-state index contributed by atoms with van der Waals surface area (Å²) in [6.45, 7) is 3.91. The molecule has 0 spiro atoms. The van der Waals surface area contributed by atoms with Crippen LogP contribution in [0.3, 0.4) is 0 Å². The van der Waals surface area contributed by atoms with Gasteiger partial charge in [-0.25, -0.2) is 9.38 Å². The Hall–Kier alpha value is -4.30. The highest BCUT2D eigenvalue weighted by Crippen LogP contribution is 2.31. The van der Waals surface area contributed by atoms with Crippen molar-refractivity contribution in [3.63, 3.8) is 0 Å². The minimum Gasteiger partial charge on any atom is -0.372 e. The van der Waals surface area contributed by atoms with Crippen molar-refractivity contribution >= 4 is 34.7 Å². The van der Waals surface area contributed by atoms with Gasteiger partial charge in [0.1, 0.15) is 5.82 Å². The molecule has 1 atom stereocenters. The number of fused-ring (bicyclic) bond motifs is 1. The van der Waals surface area contributed by atoms with E-state index in [9.17, 15) is 14.0 Å². The van der Waals surface area contributed by atoms with Crippen molar-refractivity contribution in [3.05, 3.63) is 127 Å². The summed E-state index contributed by atoms with van der Waals surface area (Å²) in [5.41, 5.74) is 3.99. The Kier molecular flexibility index (Phi) is 6.70. The van der Waals surface area contributed by atoms with Crippen LogP contribution in [0.15, 0.2) is 99.9 Å². The molecule has 0 unspecified atom stereocenters. The number of nitrogens with zero attached hydrogens (tertiary/aromatic N) is 3. The first kappa shape index (κ1) is 25.0. The number of para-hydroxylation sites is 1. The highest BCUT2D eigenvalue weighted by molar-refractivity contribution is 7.07. The van der Waals surface area contributed by atoms with E-state index in [1.807, 2.05) is 36.4 Å². The van der Waals surface area contributed by atoms with Gasteiger partial charge in [0, 0.05) is 24.5 Å². The van der Waals surface area contributed by atoms with Gasteiger partial charge in [-0.2, -0.15) is 0 Å². The van der Waals surface area contributed by atoms with Crippen molar-refractivity contribution < 1.29 is 9.18 Å². The normalized spacial score (nSPS) is 17.2. The average molecular weight is 539 g/mol. The predicted molar refractivity (Wildman–Crippen MR) is 153 cm³/mol. The zero-order chi connectivity index (χ0) is 26.9. The van der Waals surface area contributed by atoms with E-state index in [1.54, 1.807) is 35.8 Å². The van der Waals surface area contributed by atoms with Crippen molar-refractivity contribution in [2.24, 2.45) is 4.99 Å². The molecule has 1 N–H and O–H groups in total. The van der Waals surface area contributed by atoms with Crippen LogP contribution in [0, 0.1) is 5.82 Å². The first-order valence-electron chi connectivity index (χ1n) is 13.0. The van der Waals surface area contributed by atoms with Crippen molar-refractivity contribution in [2.45, 2.75) is 25.8 Å². The van der Waals surface area contributed by atoms with E-state index in [-0.39, 0.29) is 17.3 Å². The van der Waals surface area contributed by atoms with E-state index in [2.05, 4.69) is 27.3 Å². The van der Waals surface area contributed by atoms with Gasteiger partial charge in [0.05, 0.1) is 21.8 Å². The molecular weight excluding hydrogens is 511 g/mol. The number of allylic oxidation sites excluding steroid dienone is 1. The number of carbonyl (C=O) groups is 1. The minimum atomic E-state index is -0.745. The molecule has 0 radical (unpaired) electrons. The lowest BCUT2D eigenvalue weighted by atomic mass is 9.95. The molecule has 0 bridgehead atoms. The zero-order valence-electron chi connectivity index (χ0n) is 21.4. The maximum atomic E-state index is 13.8. The molecule has 6 nitrogen and oxygen atoms in total. The van der Waals surface area contributed by atoms with Gasteiger partial charge in [-0.15, -0.1) is 0 Å². The molecule has 196 valence electrons. The Bertz CT molecular complexity index is 1730. The summed E-state index contributed by atoms with van der Waals surface area (Å²) in [5.74, 6) is -0.747. The van der Waals surface area contributed by atoms with E-state index < -0.39 is 6.04 Å². The molecule has 2 aliphatic heterocycles. The average Bonchev–Trinajstić information content (AvgIpc) is 3.58. The molecule has 4 aromatic rings. The highest BCUT2D eigenvalue weighted by atomic mass is 32.1. The summed E-state index contributed by atoms with van der Waals surface area (Å²) in [7, 11) is 0. The molecule has 39 heavy (non-hydrogen) atoms. The largest absolute Gasteiger partial charge is 0.372 e. The molecule has 1 amide bonds. The molecule has 0 aliphatic carbocycles. The first-order valence-corrected chi connectivity index (χ1v) is 13.8. The Morgan fingerprint density at radius 3 is 2.38 bits per heavy atom. The van der Waals surface area contributed by atoms with E-state index >= 15 is 0 Å². The molecule has 1 saturated heterocycles. The third-order valence-corrected chi connectivity index (χ3v) is 8.13. The van der Waals surface area contributed by atoms with Gasteiger partial charge in [0.25, 0.3) is 11.5 Å². The van der Waals surface area contributed by atoms with Crippen molar-refractivity contribution in [1.29, 1.82) is 0 Å². The number of amides is 1. The lowest BCUT2D eigenvalue weighted by Crippen LogP contribution is -2.40. The number of halogens is 1. The number of rotatable bonds is 5. The molecular formula is C31H27FN4O2S. The van der Waals surface area contributed by atoms with E-state index in [1.165, 1.54) is 42.0 Å². The first-order chi connectivity index (χ1) is 19.0. The molecule has 1 aromatic heterocycles. The summed E-state index contributed by atoms with van der Waals surface area (Å²) in [6, 6.07) is 22.5. The molecule has 8 heteroatoms. The van der Waals surface area contributed by atoms with Crippen LogP contribution in [0.25, 0.3) is 6.08 Å².